The molecule has 3 rings (SSSR count). The van der Waals surface area contributed by atoms with Gasteiger partial charge in [-0.3, -0.25) is 0 Å². The maximum absolute atomic E-state index is 10.9. The van der Waals surface area contributed by atoms with Crippen molar-refractivity contribution >= 4 is 17.4 Å². The lowest BCUT2D eigenvalue weighted by molar-refractivity contribution is 0.0697. The lowest BCUT2D eigenvalue weighted by Crippen LogP contribution is -2.09. The number of nitrogens with two attached hydrogens (primary N) is 1. The van der Waals surface area contributed by atoms with Crippen LogP contribution in [0.3, 0.4) is 0 Å². The Bertz CT molecular complexity index is 588. The molecule has 0 unspecified atom stereocenters. The number of nitrogens with zero attached hydrogens (tertiary/aromatic N) is 3. The van der Waals surface area contributed by atoms with Crippen LogP contribution in [0.1, 0.15) is 34.8 Å². The predicted octanol–water partition coefficient (Wildman–Crippen LogP) is 0.0624. The molecule has 0 saturated heterocycles. The molecule has 1 fully saturated rings. The van der Waals surface area contributed by atoms with Gasteiger partial charge in [-0.2, -0.15) is 9.61 Å². The van der Waals surface area contributed by atoms with E-state index in [1.807, 2.05) is 6.07 Å². The number of hydrogen-bond donors (Lipinski definition) is 2. The SMILES string of the molecule is Nc1c(C(=O)O)cnc2cc(C3CC3)nn12.O. The summed E-state index contributed by atoms with van der Waals surface area (Å²) in [7, 11) is 0. The van der Waals surface area contributed by atoms with E-state index in [4.69, 9.17) is 10.8 Å². The van der Waals surface area contributed by atoms with Gasteiger partial charge in [0.15, 0.2) is 5.65 Å². The summed E-state index contributed by atoms with van der Waals surface area (Å²) >= 11 is 0. The summed E-state index contributed by atoms with van der Waals surface area (Å²) in [5, 5.41) is 13.2. The van der Waals surface area contributed by atoms with Crippen LogP contribution < -0.4 is 5.73 Å². The van der Waals surface area contributed by atoms with Crippen molar-refractivity contribution in [1.29, 1.82) is 0 Å². The van der Waals surface area contributed by atoms with Gasteiger partial charge >= 0.3 is 5.97 Å². The molecule has 0 amide bonds. The molecule has 2 aromatic heterocycles. The topological polar surface area (TPSA) is 125 Å². The molecule has 17 heavy (non-hydrogen) atoms. The summed E-state index contributed by atoms with van der Waals surface area (Å²) in [5.74, 6) is -0.464. The first-order chi connectivity index (χ1) is 7.66. The van der Waals surface area contributed by atoms with Gasteiger partial charge in [-0.05, 0) is 12.8 Å². The monoisotopic (exact) mass is 236 g/mol. The first-order valence-electron chi connectivity index (χ1n) is 5.04. The second kappa shape index (κ2) is 3.70. The Hall–Kier alpha value is -2.15. The highest BCUT2D eigenvalue weighted by Crippen LogP contribution is 2.39. The van der Waals surface area contributed by atoms with Crippen LogP contribution in [0.5, 0.6) is 0 Å². The molecule has 5 N–H and O–H groups in total. The second-order valence-corrected chi connectivity index (χ2v) is 3.98. The summed E-state index contributed by atoms with van der Waals surface area (Å²) in [5.41, 5.74) is 7.26. The fourth-order valence-corrected chi connectivity index (χ4v) is 1.71. The third kappa shape index (κ3) is 1.70. The Morgan fingerprint density at radius 2 is 2.24 bits per heavy atom. The molecule has 0 bridgehead atoms. The van der Waals surface area contributed by atoms with E-state index < -0.39 is 5.97 Å². The van der Waals surface area contributed by atoms with Gasteiger partial charge in [-0.25, -0.2) is 9.78 Å². The summed E-state index contributed by atoms with van der Waals surface area (Å²) in [6.07, 6.45) is 3.54. The molecule has 2 heterocycles. The Labute approximate surface area is 96.2 Å². The molecule has 1 saturated carbocycles. The number of carboxylic acid groups (broad SMARTS) is 1. The van der Waals surface area contributed by atoms with E-state index in [2.05, 4.69) is 10.1 Å². The lowest BCUT2D eigenvalue weighted by Gasteiger charge is -2.01. The first kappa shape index (κ1) is 11.3. The van der Waals surface area contributed by atoms with E-state index in [9.17, 15) is 4.79 Å². The zero-order valence-corrected chi connectivity index (χ0v) is 8.92. The van der Waals surface area contributed by atoms with Crippen molar-refractivity contribution in [2.24, 2.45) is 0 Å². The zero-order valence-electron chi connectivity index (χ0n) is 8.92. The van der Waals surface area contributed by atoms with E-state index in [0.717, 1.165) is 18.5 Å². The molecule has 0 spiro atoms. The number of fused-ring (bicyclic) bond motifs is 1. The molecule has 2 aromatic rings. The number of carbonyl (C=O) groups is 1. The van der Waals surface area contributed by atoms with Crippen LogP contribution in [-0.2, 0) is 0 Å². The van der Waals surface area contributed by atoms with Crippen LogP contribution in [0.15, 0.2) is 12.3 Å². The van der Waals surface area contributed by atoms with Crippen molar-refractivity contribution < 1.29 is 15.4 Å². The van der Waals surface area contributed by atoms with Crippen molar-refractivity contribution in [3.8, 4) is 0 Å². The van der Waals surface area contributed by atoms with E-state index in [1.165, 1.54) is 10.7 Å². The minimum absolute atomic E-state index is 0. The number of nitrogen functional groups attached to an aromatic ring is 1. The highest BCUT2D eigenvalue weighted by atomic mass is 16.4. The number of anilines is 1. The highest BCUT2D eigenvalue weighted by Gasteiger charge is 2.27. The molecule has 1 aliphatic rings. The standard InChI is InChI=1S/C10H10N4O2.H2O/c11-9-6(10(15)16)4-12-8-3-7(5-1-2-5)13-14(8)9;/h3-5H,1-2,11H2,(H,15,16);1H2. The Morgan fingerprint density at radius 3 is 2.82 bits per heavy atom. The van der Waals surface area contributed by atoms with E-state index >= 15 is 0 Å². The van der Waals surface area contributed by atoms with E-state index in [-0.39, 0.29) is 16.9 Å². The Morgan fingerprint density at radius 1 is 1.53 bits per heavy atom. The van der Waals surface area contributed by atoms with Crippen LogP contribution in [0, 0.1) is 0 Å². The molecule has 0 radical (unpaired) electrons. The summed E-state index contributed by atoms with van der Waals surface area (Å²) in [6, 6.07) is 1.86. The summed E-state index contributed by atoms with van der Waals surface area (Å²) in [6.45, 7) is 0. The molecule has 7 nitrogen and oxygen atoms in total. The zero-order chi connectivity index (χ0) is 11.3. The second-order valence-electron chi connectivity index (χ2n) is 3.98. The molecule has 0 aromatic carbocycles. The average molecular weight is 236 g/mol. The lowest BCUT2D eigenvalue weighted by atomic mass is 10.3. The van der Waals surface area contributed by atoms with Gasteiger partial charge in [0.05, 0.1) is 5.69 Å². The van der Waals surface area contributed by atoms with E-state index in [1.54, 1.807) is 0 Å². The molecule has 7 heteroatoms. The van der Waals surface area contributed by atoms with Gasteiger partial charge in [0.1, 0.15) is 11.4 Å². The number of aromatic nitrogens is 3. The van der Waals surface area contributed by atoms with Crippen LogP contribution in [0.25, 0.3) is 5.65 Å². The van der Waals surface area contributed by atoms with Crippen molar-refractivity contribution in [2.75, 3.05) is 5.73 Å². The molecule has 0 aliphatic heterocycles. The maximum atomic E-state index is 10.9. The molecule has 90 valence electrons. The first-order valence-corrected chi connectivity index (χ1v) is 5.04. The maximum Gasteiger partial charge on any atom is 0.341 e. The average Bonchev–Trinajstić information content (AvgIpc) is 2.99. The quantitative estimate of drug-likeness (QED) is 0.762. The van der Waals surface area contributed by atoms with Gasteiger partial charge in [0.2, 0.25) is 0 Å². The number of hydrogen-bond acceptors (Lipinski definition) is 4. The third-order valence-electron chi connectivity index (χ3n) is 2.77. The predicted molar refractivity (Wildman–Crippen MR) is 59.9 cm³/mol. The van der Waals surface area contributed by atoms with Crippen LogP contribution in [0.2, 0.25) is 0 Å². The smallest absolute Gasteiger partial charge is 0.341 e. The summed E-state index contributed by atoms with van der Waals surface area (Å²) < 4.78 is 1.40. The van der Waals surface area contributed by atoms with Gasteiger partial charge in [-0.1, -0.05) is 0 Å². The minimum Gasteiger partial charge on any atom is -0.477 e. The van der Waals surface area contributed by atoms with Gasteiger partial charge in [-0.15, -0.1) is 0 Å². The van der Waals surface area contributed by atoms with Gasteiger partial charge in [0, 0.05) is 18.2 Å². The summed E-state index contributed by atoms with van der Waals surface area (Å²) in [4.78, 5) is 14.9. The normalized spacial score (nSPS) is 14.6. The van der Waals surface area contributed by atoms with Gasteiger partial charge < -0.3 is 16.3 Å². The van der Waals surface area contributed by atoms with E-state index in [0.29, 0.717) is 11.6 Å². The van der Waals surface area contributed by atoms with Crippen LogP contribution in [0.4, 0.5) is 5.82 Å². The number of carboxylic acids is 1. The fraction of sp³-hybridized carbons (Fsp3) is 0.300. The van der Waals surface area contributed by atoms with Crippen molar-refractivity contribution in [2.45, 2.75) is 18.8 Å². The number of aromatic carboxylic acids is 1. The Kier molecular flexibility index (Phi) is 2.47. The molecular formula is C10H12N4O3. The molecule has 0 atom stereocenters. The van der Waals surface area contributed by atoms with Crippen LogP contribution in [-0.4, -0.2) is 31.2 Å². The molecule has 1 aliphatic carbocycles. The third-order valence-corrected chi connectivity index (χ3v) is 2.77. The van der Waals surface area contributed by atoms with Gasteiger partial charge in [0.25, 0.3) is 0 Å². The fourth-order valence-electron chi connectivity index (χ4n) is 1.71. The Balaban J connectivity index is 0.00000108. The largest absolute Gasteiger partial charge is 0.477 e. The number of rotatable bonds is 2. The molecular weight excluding hydrogens is 224 g/mol. The van der Waals surface area contributed by atoms with Crippen LogP contribution >= 0.6 is 0 Å². The van der Waals surface area contributed by atoms with Crippen molar-refractivity contribution in [3.63, 3.8) is 0 Å². The highest BCUT2D eigenvalue weighted by molar-refractivity contribution is 5.92. The minimum atomic E-state index is -1.09. The van der Waals surface area contributed by atoms with Crippen molar-refractivity contribution in [3.05, 3.63) is 23.5 Å². The van der Waals surface area contributed by atoms with Crippen molar-refractivity contribution in [1.82, 2.24) is 14.6 Å².